The minimum Gasteiger partial charge on any atom is -0.399 e. The molecule has 0 spiro atoms. The van der Waals surface area contributed by atoms with E-state index < -0.39 is 0 Å². The van der Waals surface area contributed by atoms with Gasteiger partial charge in [0.2, 0.25) is 0 Å². The number of halogens is 1. The third kappa shape index (κ3) is 2.60. The molecule has 2 atom stereocenters. The molecule has 4 heteroatoms. The van der Waals surface area contributed by atoms with Crippen LogP contribution >= 0.6 is 23.4 Å². The number of thioether (sulfide) groups is 1. The molecule has 15 heavy (non-hydrogen) atoms. The summed E-state index contributed by atoms with van der Waals surface area (Å²) in [4.78, 5) is 1.09. The molecule has 1 aliphatic rings. The highest BCUT2D eigenvalue weighted by molar-refractivity contribution is 8.00. The van der Waals surface area contributed by atoms with Crippen molar-refractivity contribution in [2.45, 2.75) is 29.6 Å². The third-order valence-electron chi connectivity index (χ3n) is 2.54. The lowest BCUT2D eigenvalue weighted by Gasteiger charge is -2.14. The molecule has 1 aliphatic heterocycles. The Hall–Kier alpha value is -0.380. The van der Waals surface area contributed by atoms with Crippen molar-refractivity contribution in [3.05, 3.63) is 23.2 Å². The molecule has 82 valence electrons. The Labute approximate surface area is 99.1 Å². The van der Waals surface area contributed by atoms with Gasteiger partial charge >= 0.3 is 0 Å². The van der Waals surface area contributed by atoms with Crippen molar-refractivity contribution in [3.8, 4) is 0 Å². The van der Waals surface area contributed by atoms with E-state index in [2.05, 4.69) is 6.92 Å². The summed E-state index contributed by atoms with van der Waals surface area (Å²) in [6.07, 6.45) is 1.40. The predicted molar refractivity (Wildman–Crippen MR) is 65.5 cm³/mol. The standard InChI is InChI=1S/C11H14ClNOS/c1-7-10(4-5-14-7)15-11-3-2-8(13)6-9(11)12/h2-3,6-7,10H,4-5,13H2,1H3. The second-order valence-electron chi connectivity index (χ2n) is 3.71. The van der Waals surface area contributed by atoms with Gasteiger partial charge in [-0.3, -0.25) is 0 Å². The van der Waals surface area contributed by atoms with Crippen LogP contribution in [-0.2, 0) is 4.74 Å². The number of hydrogen-bond acceptors (Lipinski definition) is 3. The zero-order chi connectivity index (χ0) is 10.8. The zero-order valence-corrected chi connectivity index (χ0v) is 10.1. The van der Waals surface area contributed by atoms with E-state index in [9.17, 15) is 0 Å². The fourth-order valence-corrected chi connectivity index (χ4v) is 3.09. The average Bonchev–Trinajstić information content (AvgIpc) is 2.57. The normalized spacial score (nSPS) is 25.7. The third-order valence-corrected chi connectivity index (χ3v) is 4.50. The summed E-state index contributed by atoms with van der Waals surface area (Å²) in [6, 6.07) is 5.66. The van der Waals surface area contributed by atoms with Crippen LogP contribution in [0.4, 0.5) is 5.69 Å². The van der Waals surface area contributed by atoms with Gasteiger partial charge in [-0.15, -0.1) is 11.8 Å². The molecule has 1 saturated heterocycles. The first kappa shape index (κ1) is 11.1. The topological polar surface area (TPSA) is 35.2 Å². The highest BCUT2D eigenvalue weighted by Gasteiger charge is 2.25. The van der Waals surface area contributed by atoms with Crippen LogP contribution in [0.2, 0.25) is 5.02 Å². The van der Waals surface area contributed by atoms with E-state index in [0.717, 1.165) is 22.9 Å². The Balaban J connectivity index is 2.10. The summed E-state index contributed by atoms with van der Waals surface area (Å²) >= 11 is 7.90. The molecule has 1 aromatic carbocycles. The maximum absolute atomic E-state index is 6.11. The van der Waals surface area contributed by atoms with Gasteiger partial charge in [0.15, 0.2) is 0 Å². The van der Waals surface area contributed by atoms with Gasteiger partial charge in [-0.2, -0.15) is 0 Å². The number of nitrogens with two attached hydrogens (primary N) is 1. The summed E-state index contributed by atoms with van der Waals surface area (Å²) in [6.45, 7) is 2.96. The van der Waals surface area contributed by atoms with Gasteiger partial charge in [0.25, 0.3) is 0 Å². The molecule has 0 amide bonds. The fraction of sp³-hybridized carbons (Fsp3) is 0.455. The second-order valence-corrected chi connectivity index (χ2v) is 5.40. The Morgan fingerprint density at radius 3 is 2.93 bits per heavy atom. The number of benzene rings is 1. The molecule has 0 aromatic heterocycles. The molecule has 0 radical (unpaired) electrons. The highest BCUT2D eigenvalue weighted by atomic mass is 35.5. The molecule has 2 rings (SSSR count). The maximum Gasteiger partial charge on any atom is 0.0669 e. The predicted octanol–water partition coefficient (Wildman–Crippen LogP) is 3.19. The lowest BCUT2D eigenvalue weighted by molar-refractivity contribution is 0.127. The van der Waals surface area contributed by atoms with E-state index in [1.165, 1.54) is 0 Å². The molecule has 1 aromatic rings. The summed E-state index contributed by atoms with van der Waals surface area (Å²) in [5.41, 5.74) is 6.35. The molecule has 0 aliphatic carbocycles. The monoisotopic (exact) mass is 243 g/mol. The Morgan fingerprint density at radius 2 is 2.33 bits per heavy atom. The number of ether oxygens (including phenoxy) is 1. The van der Waals surface area contributed by atoms with Gasteiger partial charge in [-0.1, -0.05) is 11.6 Å². The maximum atomic E-state index is 6.11. The van der Waals surface area contributed by atoms with Crippen LogP contribution in [0.5, 0.6) is 0 Å². The molecule has 0 saturated carbocycles. The van der Waals surface area contributed by atoms with Crippen LogP contribution in [0.15, 0.2) is 23.1 Å². The van der Waals surface area contributed by atoms with Gasteiger partial charge in [0.1, 0.15) is 0 Å². The first-order chi connectivity index (χ1) is 7.16. The van der Waals surface area contributed by atoms with E-state index in [0.29, 0.717) is 17.0 Å². The summed E-state index contributed by atoms with van der Waals surface area (Å²) in [5, 5.41) is 1.24. The van der Waals surface area contributed by atoms with Gasteiger partial charge in [-0.25, -0.2) is 0 Å². The van der Waals surface area contributed by atoms with Crippen LogP contribution in [-0.4, -0.2) is 18.0 Å². The van der Waals surface area contributed by atoms with Gasteiger partial charge in [-0.05, 0) is 31.5 Å². The van der Waals surface area contributed by atoms with Crippen LogP contribution in [0.3, 0.4) is 0 Å². The van der Waals surface area contributed by atoms with Crippen molar-refractivity contribution in [2.75, 3.05) is 12.3 Å². The fourth-order valence-electron chi connectivity index (χ4n) is 1.64. The average molecular weight is 244 g/mol. The van der Waals surface area contributed by atoms with Crippen LogP contribution < -0.4 is 5.73 Å². The Morgan fingerprint density at radius 1 is 1.53 bits per heavy atom. The lowest BCUT2D eigenvalue weighted by Crippen LogP contribution is -2.12. The quantitative estimate of drug-likeness (QED) is 0.811. The molecule has 1 heterocycles. The van der Waals surface area contributed by atoms with Gasteiger partial charge < -0.3 is 10.5 Å². The molecule has 2 N–H and O–H groups in total. The van der Waals surface area contributed by atoms with Crippen molar-refractivity contribution in [3.63, 3.8) is 0 Å². The van der Waals surface area contributed by atoms with Crippen molar-refractivity contribution < 1.29 is 4.74 Å². The SMILES string of the molecule is CC1OCCC1Sc1ccc(N)cc1Cl. The van der Waals surface area contributed by atoms with Crippen molar-refractivity contribution in [2.24, 2.45) is 0 Å². The van der Waals surface area contributed by atoms with Crippen molar-refractivity contribution in [1.82, 2.24) is 0 Å². The van der Waals surface area contributed by atoms with E-state index in [-0.39, 0.29) is 0 Å². The molecule has 1 fully saturated rings. The smallest absolute Gasteiger partial charge is 0.0669 e. The van der Waals surface area contributed by atoms with E-state index in [4.69, 9.17) is 22.1 Å². The molecule has 2 nitrogen and oxygen atoms in total. The summed E-state index contributed by atoms with van der Waals surface area (Å²) in [7, 11) is 0. The molecule has 2 unspecified atom stereocenters. The number of anilines is 1. The number of rotatable bonds is 2. The molecule has 0 bridgehead atoms. The molecular weight excluding hydrogens is 230 g/mol. The lowest BCUT2D eigenvalue weighted by atomic mass is 10.3. The minimum atomic E-state index is 0.309. The van der Waals surface area contributed by atoms with Crippen LogP contribution in [0.1, 0.15) is 13.3 Å². The summed E-state index contributed by atoms with van der Waals surface area (Å²) in [5.74, 6) is 0. The van der Waals surface area contributed by atoms with E-state index >= 15 is 0 Å². The second kappa shape index (κ2) is 4.64. The minimum absolute atomic E-state index is 0.309. The Bertz CT molecular complexity index is 358. The highest BCUT2D eigenvalue weighted by Crippen LogP contribution is 2.36. The van der Waals surface area contributed by atoms with Crippen LogP contribution in [0.25, 0.3) is 0 Å². The molecular formula is C11H14ClNOS. The van der Waals surface area contributed by atoms with E-state index in [1.54, 1.807) is 17.8 Å². The van der Waals surface area contributed by atoms with Crippen LogP contribution in [0, 0.1) is 0 Å². The largest absolute Gasteiger partial charge is 0.399 e. The van der Waals surface area contributed by atoms with Gasteiger partial charge in [0.05, 0.1) is 11.1 Å². The van der Waals surface area contributed by atoms with Gasteiger partial charge in [0, 0.05) is 22.4 Å². The summed E-state index contributed by atoms with van der Waals surface area (Å²) < 4.78 is 5.51. The van der Waals surface area contributed by atoms with Crippen molar-refractivity contribution >= 4 is 29.1 Å². The number of nitrogen functional groups attached to an aromatic ring is 1. The van der Waals surface area contributed by atoms with Crippen molar-refractivity contribution in [1.29, 1.82) is 0 Å². The first-order valence-corrected chi connectivity index (χ1v) is 6.26. The first-order valence-electron chi connectivity index (χ1n) is 5.00. The zero-order valence-electron chi connectivity index (χ0n) is 8.57. The van der Waals surface area contributed by atoms with E-state index in [1.807, 2.05) is 12.1 Å². The number of hydrogen-bond donors (Lipinski definition) is 1. The Kier molecular flexibility index (Phi) is 3.44.